The Morgan fingerprint density at radius 2 is 2.26 bits per heavy atom. The molecule has 2 unspecified atom stereocenters. The molecule has 2 atom stereocenters. The third-order valence-electron chi connectivity index (χ3n) is 4.00. The molecule has 0 radical (unpaired) electrons. The van der Waals surface area contributed by atoms with Crippen molar-refractivity contribution in [2.45, 2.75) is 44.4 Å². The number of aryl methyl sites for hydroxylation is 1. The number of benzene rings is 1. The Hall–Kier alpha value is -0.740. The lowest BCUT2D eigenvalue weighted by atomic mass is 10.2. The molecule has 1 aromatic heterocycles. The lowest BCUT2D eigenvalue weighted by molar-refractivity contribution is 0.527. The van der Waals surface area contributed by atoms with E-state index >= 15 is 0 Å². The van der Waals surface area contributed by atoms with E-state index in [2.05, 4.69) is 53.4 Å². The summed E-state index contributed by atoms with van der Waals surface area (Å²) in [6, 6.07) is 7.15. The fraction of sp³-hybridized carbons (Fsp3) is 0.533. The van der Waals surface area contributed by atoms with Gasteiger partial charge in [0, 0.05) is 11.3 Å². The molecule has 1 aliphatic carbocycles. The molecule has 1 aromatic carbocycles. The fourth-order valence-electron chi connectivity index (χ4n) is 3.15. The molecule has 0 spiro atoms. The first-order valence-corrected chi connectivity index (χ1v) is 8.47. The Bertz CT molecular complexity index is 641. The number of aromatic amines is 1. The highest BCUT2D eigenvalue weighted by atomic mass is 32.2. The lowest BCUT2D eigenvalue weighted by Gasteiger charge is -2.14. The summed E-state index contributed by atoms with van der Waals surface area (Å²) in [5, 5.41) is 0.812. The normalized spacial score (nSPS) is 23.3. The zero-order valence-electron chi connectivity index (χ0n) is 11.5. The number of hydrogen-bond donors (Lipinski definition) is 1. The Morgan fingerprint density at radius 1 is 1.42 bits per heavy atom. The van der Waals surface area contributed by atoms with Crippen LogP contribution in [0.15, 0.2) is 18.2 Å². The zero-order chi connectivity index (χ0) is 13.4. The van der Waals surface area contributed by atoms with Crippen molar-refractivity contribution in [2.24, 2.45) is 0 Å². The van der Waals surface area contributed by atoms with Crippen molar-refractivity contribution in [1.29, 1.82) is 0 Å². The van der Waals surface area contributed by atoms with Gasteiger partial charge in [0.15, 0.2) is 4.77 Å². The van der Waals surface area contributed by atoms with E-state index in [1.165, 1.54) is 41.6 Å². The number of nitrogens with zero attached hydrogens (tertiary/aromatic N) is 1. The SMILES string of the molecule is CCSC1CCC(n2c(=S)[nH]c3cc(C)ccc32)C1. The standard InChI is InChI=1S/C15H20N2S2/c1-3-19-12-6-5-11(9-12)17-14-7-4-10(2)8-13(14)16-15(17)18/h4,7-8,11-12H,3,5-6,9H2,1-2H3,(H,16,18). The molecule has 1 saturated carbocycles. The minimum Gasteiger partial charge on any atom is -0.331 e. The van der Waals surface area contributed by atoms with Crippen molar-refractivity contribution in [3.05, 3.63) is 28.5 Å². The smallest absolute Gasteiger partial charge is 0.178 e. The van der Waals surface area contributed by atoms with E-state index in [0.717, 1.165) is 10.0 Å². The number of nitrogens with one attached hydrogen (secondary N) is 1. The number of thioether (sulfide) groups is 1. The highest BCUT2D eigenvalue weighted by Gasteiger charge is 2.27. The lowest BCUT2D eigenvalue weighted by Crippen LogP contribution is -2.06. The number of H-pyrrole nitrogens is 1. The van der Waals surface area contributed by atoms with E-state index < -0.39 is 0 Å². The summed E-state index contributed by atoms with van der Waals surface area (Å²) in [6.45, 7) is 4.37. The first-order valence-electron chi connectivity index (χ1n) is 7.01. The Labute approximate surface area is 123 Å². The Balaban J connectivity index is 1.97. The van der Waals surface area contributed by atoms with Gasteiger partial charge < -0.3 is 9.55 Å². The fourth-order valence-corrected chi connectivity index (χ4v) is 4.64. The van der Waals surface area contributed by atoms with Crippen LogP contribution in [0, 0.1) is 11.7 Å². The minimum atomic E-state index is 0.577. The van der Waals surface area contributed by atoms with Gasteiger partial charge in [0.25, 0.3) is 0 Å². The third kappa shape index (κ3) is 2.48. The van der Waals surface area contributed by atoms with Crippen LogP contribution in [0.2, 0.25) is 0 Å². The van der Waals surface area contributed by atoms with Crippen molar-refractivity contribution in [2.75, 3.05) is 5.75 Å². The Kier molecular flexibility index (Phi) is 3.72. The van der Waals surface area contributed by atoms with Gasteiger partial charge in [-0.2, -0.15) is 11.8 Å². The zero-order valence-corrected chi connectivity index (χ0v) is 13.1. The van der Waals surface area contributed by atoms with Crippen LogP contribution in [-0.2, 0) is 0 Å². The Morgan fingerprint density at radius 3 is 3.05 bits per heavy atom. The van der Waals surface area contributed by atoms with E-state index in [-0.39, 0.29) is 0 Å². The quantitative estimate of drug-likeness (QED) is 0.816. The monoisotopic (exact) mass is 292 g/mol. The average molecular weight is 292 g/mol. The van der Waals surface area contributed by atoms with Crippen LogP contribution in [0.3, 0.4) is 0 Å². The van der Waals surface area contributed by atoms with Crippen LogP contribution < -0.4 is 0 Å². The number of imidazole rings is 1. The topological polar surface area (TPSA) is 20.7 Å². The van der Waals surface area contributed by atoms with E-state index in [4.69, 9.17) is 12.2 Å². The molecule has 0 amide bonds. The minimum absolute atomic E-state index is 0.577. The van der Waals surface area contributed by atoms with Crippen molar-refractivity contribution >= 4 is 35.0 Å². The number of aromatic nitrogens is 2. The van der Waals surface area contributed by atoms with Gasteiger partial charge >= 0.3 is 0 Å². The maximum absolute atomic E-state index is 5.54. The van der Waals surface area contributed by atoms with Crippen LogP contribution in [0.25, 0.3) is 11.0 Å². The summed E-state index contributed by atoms with van der Waals surface area (Å²) in [7, 11) is 0. The van der Waals surface area contributed by atoms with Crippen molar-refractivity contribution in [3.8, 4) is 0 Å². The van der Waals surface area contributed by atoms with Crippen LogP contribution in [-0.4, -0.2) is 20.6 Å². The predicted molar refractivity (Wildman–Crippen MR) is 86.7 cm³/mol. The molecule has 4 heteroatoms. The second kappa shape index (κ2) is 5.33. The van der Waals surface area contributed by atoms with Gasteiger partial charge in [0.2, 0.25) is 0 Å². The van der Waals surface area contributed by atoms with Crippen LogP contribution in [0.1, 0.15) is 37.8 Å². The van der Waals surface area contributed by atoms with Gasteiger partial charge in [0.1, 0.15) is 0 Å². The molecule has 0 aliphatic heterocycles. The van der Waals surface area contributed by atoms with Crippen LogP contribution >= 0.6 is 24.0 Å². The van der Waals surface area contributed by atoms with E-state index in [1.807, 2.05) is 0 Å². The molecule has 102 valence electrons. The largest absolute Gasteiger partial charge is 0.331 e. The maximum Gasteiger partial charge on any atom is 0.178 e. The predicted octanol–water partition coefficient (Wildman–Crippen LogP) is 4.85. The summed E-state index contributed by atoms with van der Waals surface area (Å²) in [4.78, 5) is 3.36. The summed E-state index contributed by atoms with van der Waals surface area (Å²) in [5.74, 6) is 1.22. The molecule has 1 heterocycles. The van der Waals surface area contributed by atoms with Crippen molar-refractivity contribution in [3.63, 3.8) is 0 Å². The van der Waals surface area contributed by atoms with E-state index in [0.29, 0.717) is 6.04 Å². The van der Waals surface area contributed by atoms with E-state index in [9.17, 15) is 0 Å². The molecule has 1 fully saturated rings. The van der Waals surface area contributed by atoms with Gasteiger partial charge in [-0.15, -0.1) is 0 Å². The molecule has 0 saturated heterocycles. The van der Waals surface area contributed by atoms with Crippen LogP contribution in [0.5, 0.6) is 0 Å². The molecular formula is C15H20N2S2. The third-order valence-corrected chi connectivity index (χ3v) is 5.53. The second-order valence-electron chi connectivity index (χ2n) is 5.36. The molecule has 2 aromatic rings. The molecule has 1 N–H and O–H groups in total. The first kappa shape index (κ1) is 13.3. The molecular weight excluding hydrogens is 272 g/mol. The van der Waals surface area contributed by atoms with Gasteiger partial charge in [-0.05, 0) is 61.9 Å². The summed E-state index contributed by atoms with van der Waals surface area (Å²) < 4.78 is 3.23. The number of hydrogen-bond acceptors (Lipinski definition) is 2. The van der Waals surface area contributed by atoms with Crippen molar-refractivity contribution in [1.82, 2.24) is 9.55 Å². The first-order chi connectivity index (χ1) is 9.19. The van der Waals surface area contributed by atoms with Crippen molar-refractivity contribution < 1.29 is 0 Å². The number of fused-ring (bicyclic) bond motifs is 1. The molecule has 3 rings (SSSR count). The molecule has 0 bridgehead atoms. The van der Waals surface area contributed by atoms with Gasteiger partial charge in [-0.3, -0.25) is 0 Å². The highest BCUT2D eigenvalue weighted by molar-refractivity contribution is 7.99. The van der Waals surface area contributed by atoms with Gasteiger partial charge in [0.05, 0.1) is 11.0 Å². The molecule has 19 heavy (non-hydrogen) atoms. The second-order valence-corrected chi connectivity index (χ2v) is 7.33. The number of rotatable bonds is 3. The van der Waals surface area contributed by atoms with Gasteiger partial charge in [-0.1, -0.05) is 13.0 Å². The van der Waals surface area contributed by atoms with Gasteiger partial charge in [-0.25, -0.2) is 0 Å². The molecule has 1 aliphatic rings. The summed E-state index contributed by atoms with van der Waals surface area (Å²) >= 11 is 7.63. The summed E-state index contributed by atoms with van der Waals surface area (Å²) in [5.41, 5.74) is 3.72. The highest BCUT2D eigenvalue weighted by Crippen LogP contribution is 2.38. The molecule has 2 nitrogen and oxygen atoms in total. The summed E-state index contributed by atoms with van der Waals surface area (Å²) in [6.07, 6.45) is 3.84. The van der Waals surface area contributed by atoms with E-state index in [1.54, 1.807) is 0 Å². The maximum atomic E-state index is 5.54. The van der Waals surface area contributed by atoms with Crippen LogP contribution in [0.4, 0.5) is 0 Å². The average Bonchev–Trinajstić information content (AvgIpc) is 2.92.